The standard InChI is InChI=1S/C23H25.2ClH.Zr/c1-2-17-15-21-9-6-10-22(23(21)16-17)20-13-11-19(12-14-20)18-7-4-3-5-8-18;;;/h6,9-16,18H,2-5,7-8H2,1H3;2*1H;/q-1;;;. The Kier molecular flexibility index (Phi) is 9.73. The van der Waals surface area contributed by atoms with Gasteiger partial charge < -0.3 is 0 Å². The Balaban J connectivity index is 0.00000113. The largest absolute Gasteiger partial charge is 0.164 e. The Hall–Kier alpha value is -0.487. The average molecular weight is 466 g/mol. The number of halogens is 2. The molecule has 4 rings (SSSR count). The second kappa shape index (κ2) is 10.7. The van der Waals surface area contributed by atoms with E-state index in [1.54, 1.807) is 0 Å². The van der Waals surface area contributed by atoms with E-state index in [9.17, 15) is 0 Å². The van der Waals surface area contributed by atoms with Crippen molar-refractivity contribution in [2.75, 3.05) is 0 Å². The third kappa shape index (κ3) is 4.86. The van der Waals surface area contributed by atoms with Gasteiger partial charge in [0.25, 0.3) is 0 Å². The van der Waals surface area contributed by atoms with Crippen LogP contribution in [0.3, 0.4) is 0 Å². The van der Waals surface area contributed by atoms with Crippen LogP contribution in [-0.2, 0) is 32.6 Å². The molecule has 0 atom stereocenters. The van der Waals surface area contributed by atoms with Crippen LogP contribution >= 0.6 is 24.8 Å². The summed E-state index contributed by atoms with van der Waals surface area (Å²) >= 11 is 0. The van der Waals surface area contributed by atoms with Gasteiger partial charge in [-0.2, -0.15) is 6.07 Å². The Morgan fingerprint density at radius 3 is 2.27 bits per heavy atom. The monoisotopic (exact) mass is 463 g/mol. The van der Waals surface area contributed by atoms with Crippen LogP contribution in [0.25, 0.3) is 21.9 Å². The SMILES string of the molecule is CCc1cc2c(-c3ccc(C4CCCCC4)cc3)cccc2[cH-]1.Cl.Cl.[Zr]. The van der Waals surface area contributed by atoms with Gasteiger partial charge in [0.2, 0.25) is 0 Å². The zero-order valence-electron chi connectivity index (χ0n) is 15.3. The van der Waals surface area contributed by atoms with Crippen LogP contribution in [0, 0.1) is 0 Å². The van der Waals surface area contributed by atoms with E-state index in [1.165, 1.54) is 65.1 Å². The van der Waals surface area contributed by atoms with Crippen molar-refractivity contribution in [3.05, 3.63) is 65.7 Å². The van der Waals surface area contributed by atoms with Gasteiger partial charge in [0, 0.05) is 26.2 Å². The topological polar surface area (TPSA) is 0 Å². The zero-order valence-corrected chi connectivity index (χ0v) is 19.4. The Bertz CT molecular complexity index is 799. The first-order valence-corrected chi connectivity index (χ1v) is 9.14. The van der Waals surface area contributed by atoms with Gasteiger partial charge in [-0.05, 0) is 36.3 Å². The molecular formula is C23H27Cl2Zr-. The molecule has 0 spiro atoms. The normalized spacial score (nSPS) is 14.2. The van der Waals surface area contributed by atoms with Gasteiger partial charge in [-0.25, -0.2) is 0 Å². The molecule has 0 unspecified atom stereocenters. The fourth-order valence-corrected chi connectivity index (χ4v) is 4.12. The van der Waals surface area contributed by atoms with E-state index in [1.807, 2.05) is 0 Å². The molecule has 0 heterocycles. The molecule has 0 nitrogen and oxygen atoms in total. The maximum absolute atomic E-state index is 2.37. The molecule has 1 fully saturated rings. The Morgan fingerprint density at radius 2 is 1.62 bits per heavy atom. The van der Waals surface area contributed by atoms with Crippen LogP contribution in [0.1, 0.15) is 56.1 Å². The second-order valence-electron chi connectivity index (χ2n) is 6.98. The van der Waals surface area contributed by atoms with Gasteiger partial charge in [0.1, 0.15) is 0 Å². The number of benzene rings is 2. The fourth-order valence-electron chi connectivity index (χ4n) is 4.12. The van der Waals surface area contributed by atoms with Gasteiger partial charge in [-0.15, -0.1) is 59.3 Å². The number of hydrogen-bond acceptors (Lipinski definition) is 0. The summed E-state index contributed by atoms with van der Waals surface area (Å²) in [6.07, 6.45) is 8.08. The van der Waals surface area contributed by atoms with Crippen LogP contribution in [0.4, 0.5) is 0 Å². The summed E-state index contributed by atoms with van der Waals surface area (Å²) in [7, 11) is 0. The van der Waals surface area contributed by atoms with Gasteiger partial charge in [0.05, 0.1) is 0 Å². The number of hydrogen-bond donors (Lipinski definition) is 0. The van der Waals surface area contributed by atoms with E-state index in [0.29, 0.717) is 0 Å². The summed E-state index contributed by atoms with van der Waals surface area (Å²) in [6, 6.07) is 20.8. The van der Waals surface area contributed by atoms with E-state index in [-0.39, 0.29) is 51.0 Å². The first-order valence-electron chi connectivity index (χ1n) is 9.14. The zero-order chi connectivity index (χ0) is 15.6. The van der Waals surface area contributed by atoms with Gasteiger partial charge in [-0.3, -0.25) is 0 Å². The van der Waals surface area contributed by atoms with Crippen molar-refractivity contribution < 1.29 is 26.2 Å². The molecular weight excluding hydrogens is 438 g/mol. The molecule has 138 valence electrons. The molecule has 1 aliphatic rings. The third-order valence-corrected chi connectivity index (χ3v) is 5.52. The number of rotatable bonds is 3. The first-order chi connectivity index (χ1) is 11.3. The average Bonchev–Trinajstić information content (AvgIpc) is 3.06. The Morgan fingerprint density at radius 1 is 0.923 bits per heavy atom. The molecule has 0 aromatic heterocycles. The molecule has 0 saturated heterocycles. The number of aryl methyl sites for hydroxylation is 1. The summed E-state index contributed by atoms with van der Waals surface area (Å²) in [5, 5.41) is 2.77. The minimum atomic E-state index is 0. The molecule has 3 aromatic rings. The third-order valence-electron chi connectivity index (χ3n) is 5.52. The van der Waals surface area contributed by atoms with Crippen LogP contribution in [0.2, 0.25) is 0 Å². The van der Waals surface area contributed by atoms with Crippen molar-refractivity contribution >= 4 is 35.6 Å². The van der Waals surface area contributed by atoms with Gasteiger partial charge in [0.15, 0.2) is 0 Å². The van der Waals surface area contributed by atoms with Crippen LogP contribution < -0.4 is 0 Å². The van der Waals surface area contributed by atoms with E-state index in [0.717, 1.165) is 12.3 Å². The van der Waals surface area contributed by atoms with E-state index in [4.69, 9.17) is 0 Å². The Labute approximate surface area is 189 Å². The summed E-state index contributed by atoms with van der Waals surface area (Å²) < 4.78 is 0. The predicted molar refractivity (Wildman–Crippen MR) is 115 cm³/mol. The molecule has 0 N–H and O–H groups in total. The first kappa shape index (κ1) is 23.6. The van der Waals surface area contributed by atoms with Crippen LogP contribution in [0.15, 0.2) is 54.6 Å². The molecule has 1 saturated carbocycles. The predicted octanol–water partition coefficient (Wildman–Crippen LogP) is 7.68. The summed E-state index contributed by atoms with van der Waals surface area (Å²) in [5.41, 5.74) is 5.70. The maximum Gasteiger partial charge on any atom is 0 e. The van der Waals surface area contributed by atoms with Crippen LogP contribution in [-0.4, -0.2) is 0 Å². The summed E-state index contributed by atoms with van der Waals surface area (Å²) in [4.78, 5) is 0. The van der Waals surface area contributed by atoms with E-state index in [2.05, 4.69) is 61.5 Å². The molecule has 1 aliphatic carbocycles. The minimum absolute atomic E-state index is 0. The van der Waals surface area contributed by atoms with Gasteiger partial charge >= 0.3 is 0 Å². The van der Waals surface area contributed by atoms with Crippen molar-refractivity contribution in [3.63, 3.8) is 0 Å². The van der Waals surface area contributed by atoms with Crippen molar-refractivity contribution in [1.82, 2.24) is 0 Å². The quantitative estimate of drug-likeness (QED) is 0.348. The summed E-state index contributed by atoms with van der Waals surface area (Å²) in [6.45, 7) is 2.23. The minimum Gasteiger partial charge on any atom is -0.164 e. The fraction of sp³-hybridized carbons (Fsp3) is 0.348. The molecule has 3 heteroatoms. The molecule has 26 heavy (non-hydrogen) atoms. The molecule has 0 bridgehead atoms. The number of fused-ring (bicyclic) bond motifs is 1. The van der Waals surface area contributed by atoms with Crippen molar-refractivity contribution in [2.24, 2.45) is 0 Å². The van der Waals surface area contributed by atoms with Gasteiger partial charge in [-0.1, -0.05) is 62.1 Å². The second-order valence-corrected chi connectivity index (χ2v) is 6.98. The van der Waals surface area contributed by atoms with E-state index < -0.39 is 0 Å². The molecule has 0 aliphatic heterocycles. The molecule has 0 radical (unpaired) electrons. The van der Waals surface area contributed by atoms with Crippen LogP contribution in [0.5, 0.6) is 0 Å². The molecule has 3 aromatic carbocycles. The molecule has 0 amide bonds. The van der Waals surface area contributed by atoms with Crippen molar-refractivity contribution in [1.29, 1.82) is 0 Å². The van der Waals surface area contributed by atoms with Crippen molar-refractivity contribution in [3.8, 4) is 11.1 Å². The smallest absolute Gasteiger partial charge is 0 e. The summed E-state index contributed by atoms with van der Waals surface area (Å²) in [5.74, 6) is 0.791. The maximum atomic E-state index is 2.37. The van der Waals surface area contributed by atoms with E-state index >= 15 is 0 Å². The van der Waals surface area contributed by atoms with Crippen molar-refractivity contribution in [2.45, 2.75) is 51.4 Å².